The van der Waals surface area contributed by atoms with Gasteiger partial charge in [-0.15, -0.1) is 0 Å². The Morgan fingerprint density at radius 3 is 2.83 bits per heavy atom. The fourth-order valence-electron chi connectivity index (χ4n) is 2.08. The van der Waals surface area contributed by atoms with Gasteiger partial charge in [-0.25, -0.2) is 0 Å². The Morgan fingerprint density at radius 2 is 2.17 bits per heavy atom. The van der Waals surface area contributed by atoms with E-state index in [-0.39, 0.29) is 0 Å². The summed E-state index contributed by atoms with van der Waals surface area (Å²) in [6.07, 6.45) is 8.35. The summed E-state index contributed by atoms with van der Waals surface area (Å²) < 4.78 is 1.87. The molecular formula is C14H19N3O. The molecule has 0 aliphatic heterocycles. The highest BCUT2D eigenvalue weighted by Crippen LogP contribution is 2.21. The largest absolute Gasteiger partial charge is 0.388 e. The van der Waals surface area contributed by atoms with Crippen molar-refractivity contribution in [3.8, 4) is 0 Å². The van der Waals surface area contributed by atoms with Crippen LogP contribution in [0.15, 0.2) is 30.9 Å². The van der Waals surface area contributed by atoms with Gasteiger partial charge in [0.15, 0.2) is 0 Å². The molecule has 0 spiro atoms. The Bertz CT molecular complexity index is 507. The summed E-state index contributed by atoms with van der Waals surface area (Å²) in [5, 5.41) is 14.5. The molecule has 2 aromatic rings. The summed E-state index contributed by atoms with van der Waals surface area (Å²) in [7, 11) is 0. The lowest BCUT2D eigenvalue weighted by Gasteiger charge is -2.13. The zero-order valence-electron chi connectivity index (χ0n) is 10.9. The van der Waals surface area contributed by atoms with Gasteiger partial charge in [0.2, 0.25) is 0 Å². The molecule has 18 heavy (non-hydrogen) atoms. The molecule has 0 fully saturated rings. The summed E-state index contributed by atoms with van der Waals surface area (Å²) in [5.74, 6) is 0. The van der Waals surface area contributed by atoms with Crippen LogP contribution in [0, 0.1) is 0 Å². The zero-order chi connectivity index (χ0) is 13.0. The van der Waals surface area contributed by atoms with Gasteiger partial charge in [-0.3, -0.25) is 9.67 Å². The molecule has 0 amide bonds. The number of aliphatic hydroxyl groups excluding tert-OH is 1. The van der Waals surface area contributed by atoms with Crippen molar-refractivity contribution in [1.82, 2.24) is 14.8 Å². The molecule has 2 rings (SSSR count). The fraction of sp³-hybridized carbons (Fsp3) is 0.429. The highest BCUT2D eigenvalue weighted by atomic mass is 16.3. The van der Waals surface area contributed by atoms with E-state index in [4.69, 9.17) is 0 Å². The Morgan fingerprint density at radius 1 is 1.33 bits per heavy atom. The molecule has 1 unspecified atom stereocenters. The second-order valence-corrected chi connectivity index (χ2v) is 4.35. The van der Waals surface area contributed by atoms with Crippen LogP contribution in [-0.4, -0.2) is 19.9 Å². The Balaban J connectivity index is 2.13. The van der Waals surface area contributed by atoms with Crippen LogP contribution in [0.3, 0.4) is 0 Å². The number of rotatable bonds is 5. The summed E-state index contributed by atoms with van der Waals surface area (Å²) in [5.41, 5.74) is 3.13. The van der Waals surface area contributed by atoms with Gasteiger partial charge in [-0.05, 0) is 36.1 Å². The lowest BCUT2D eigenvalue weighted by atomic mass is 9.99. The van der Waals surface area contributed by atoms with E-state index in [1.54, 1.807) is 6.20 Å². The molecular weight excluding hydrogens is 226 g/mol. The van der Waals surface area contributed by atoms with Crippen molar-refractivity contribution in [2.45, 2.75) is 39.3 Å². The summed E-state index contributed by atoms with van der Waals surface area (Å²) in [4.78, 5) is 4.10. The van der Waals surface area contributed by atoms with E-state index in [0.717, 1.165) is 29.7 Å². The molecule has 0 radical (unpaired) electrons. The smallest absolute Gasteiger partial charge is 0.0835 e. The summed E-state index contributed by atoms with van der Waals surface area (Å²) in [6, 6.07) is 1.90. The van der Waals surface area contributed by atoms with E-state index in [2.05, 4.69) is 17.0 Å². The van der Waals surface area contributed by atoms with E-state index >= 15 is 0 Å². The van der Waals surface area contributed by atoms with Crippen molar-refractivity contribution >= 4 is 0 Å². The molecule has 2 heterocycles. The van der Waals surface area contributed by atoms with Crippen molar-refractivity contribution in [1.29, 1.82) is 0 Å². The minimum absolute atomic E-state index is 0.488. The average molecular weight is 245 g/mol. The molecule has 2 aromatic heterocycles. The monoisotopic (exact) mass is 245 g/mol. The molecule has 96 valence electrons. The number of pyridine rings is 1. The van der Waals surface area contributed by atoms with Crippen molar-refractivity contribution < 1.29 is 5.11 Å². The number of hydrogen-bond donors (Lipinski definition) is 1. The molecule has 1 atom stereocenters. The second kappa shape index (κ2) is 5.78. The van der Waals surface area contributed by atoms with Gasteiger partial charge in [0.25, 0.3) is 0 Å². The van der Waals surface area contributed by atoms with E-state index in [1.165, 1.54) is 0 Å². The van der Waals surface area contributed by atoms with E-state index in [1.807, 2.05) is 36.3 Å². The maximum Gasteiger partial charge on any atom is 0.0835 e. The third-order valence-corrected chi connectivity index (χ3v) is 3.12. The van der Waals surface area contributed by atoms with Crippen LogP contribution in [0.25, 0.3) is 0 Å². The second-order valence-electron chi connectivity index (χ2n) is 4.35. The van der Waals surface area contributed by atoms with Crippen LogP contribution in [0.2, 0.25) is 0 Å². The highest BCUT2D eigenvalue weighted by Gasteiger charge is 2.13. The lowest BCUT2D eigenvalue weighted by Crippen LogP contribution is -2.05. The summed E-state index contributed by atoms with van der Waals surface area (Å²) >= 11 is 0. The highest BCUT2D eigenvalue weighted by molar-refractivity contribution is 5.27. The van der Waals surface area contributed by atoms with E-state index < -0.39 is 6.10 Å². The topological polar surface area (TPSA) is 50.9 Å². The van der Waals surface area contributed by atoms with E-state index in [0.29, 0.717) is 6.42 Å². The minimum atomic E-state index is -0.488. The van der Waals surface area contributed by atoms with Crippen molar-refractivity contribution in [3.63, 3.8) is 0 Å². The number of nitrogens with zero attached hydrogens (tertiary/aromatic N) is 3. The lowest BCUT2D eigenvalue weighted by molar-refractivity contribution is 0.177. The Labute approximate surface area is 107 Å². The zero-order valence-corrected chi connectivity index (χ0v) is 10.9. The minimum Gasteiger partial charge on any atom is -0.388 e. The van der Waals surface area contributed by atoms with E-state index in [9.17, 15) is 5.11 Å². The number of aliphatic hydroxyl groups is 1. The van der Waals surface area contributed by atoms with Crippen LogP contribution < -0.4 is 0 Å². The average Bonchev–Trinajstić information content (AvgIpc) is 2.86. The predicted molar refractivity (Wildman–Crippen MR) is 70.2 cm³/mol. The fourth-order valence-corrected chi connectivity index (χ4v) is 2.08. The molecule has 4 heteroatoms. The number of aryl methyl sites for hydroxylation is 2. The Kier molecular flexibility index (Phi) is 4.10. The van der Waals surface area contributed by atoms with Gasteiger partial charge < -0.3 is 5.11 Å². The molecule has 0 bridgehead atoms. The van der Waals surface area contributed by atoms with Gasteiger partial charge in [0.1, 0.15) is 0 Å². The maximum absolute atomic E-state index is 10.3. The molecule has 0 saturated heterocycles. The first-order valence-corrected chi connectivity index (χ1v) is 6.36. The molecule has 1 N–H and O–H groups in total. The van der Waals surface area contributed by atoms with Gasteiger partial charge in [0.05, 0.1) is 12.3 Å². The van der Waals surface area contributed by atoms with Crippen LogP contribution in [-0.2, 0) is 19.4 Å². The summed E-state index contributed by atoms with van der Waals surface area (Å²) in [6.45, 7) is 4.97. The molecule has 0 aliphatic carbocycles. The molecule has 0 aromatic carbocycles. The SMILES string of the molecule is CCc1cnccc1C(O)Cc1cnn(CC)c1. The van der Waals surface area contributed by atoms with Crippen LogP contribution >= 0.6 is 0 Å². The van der Waals surface area contributed by atoms with Gasteiger partial charge in [-0.2, -0.15) is 5.10 Å². The third kappa shape index (κ3) is 2.76. The van der Waals surface area contributed by atoms with Crippen molar-refractivity contribution in [2.75, 3.05) is 0 Å². The quantitative estimate of drug-likeness (QED) is 0.878. The Hall–Kier alpha value is -1.68. The normalized spacial score (nSPS) is 12.6. The van der Waals surface area contributed by atoms with Gasteiger partial charge in [-0.1, -0.05) is 6.92 Å². The standard InChI is InChI=1S/C14H19N3O/c1-3-12-9-15-6-5-13(12)14(18)7-11-8-16-17(4-2)10-11/h5-6,8-10,14,18H,3-4,7H2,1-2H3. The van der Waals surface area contributed by atoms with Crippen molar-refractivity contribution in [2.24, 2.45) is 0 Å². The van der Waals surface area contributed by atoms with Gasteiger partial charge in [0, 0.05) is 31.6 Å². The van der Waals surface area contributed by atoms with Gasteiger partial charge >= 0.3 is 0 Å². The van der Waals surface area contributed by atoms with Crippen LogP contribution in [0.5, 0.6) is 0 Å². The number of aromatic nitrogens is 3. The first-order valence-electron chi connectivity index (χ1n) is 6.36. The van der Waals surface area contributed by atoms with Crippen molar-refractivity contribution in [3.05, 3.63) is 47.5 Å². The molecule has 4 nitrogen and oxygen atoms in total. The maximum atomic E-state index is 10.3. The number of hydrogen-bond acceptors (Lipinski definition) is 3. The molecule has 0 aliphatic rings. The van der Waals surface area contributed by atoms with Crippen LogP contribution in [0.1, 0.15) is 36.6 Å². The first-order chi connectivity index (χ1) is 8.74. The molecule has 0 saturated carbocycles. The van der Waals surface area contributed by atoms with Crippen LogP contribution in [0.4, 0.5) is 0 Å². The predicted octanol–water partition coefficient (Wildman–Crippen LogP) is 2.14. The third-order valence-electron chi connectivity index (χ3n) is 3.12. The first kappa shape index (κ1) is 12.8.